The molecule has 2 aromatic rings. The van der Waals surface area contributed by atoms with E-state index in [1.54, 1.807) is 17.0 Å². The third kappa shape index (κ3) is 4.48. The van der Waals surface area contributed by atoms with Crippen LogP contribution in [0.1, 0.15) is 17.5 Å². The number of alkyl halides is 3. The van der Waals surface area contributed by atoms with Crippen molar-refractivity contribution < 1.29 is 22.7 Å². The molecule has 25 heavy (non-hydrogen) atoms. The average molecular weight is 367 g/mol. The van der Waals surface area contributed by atoms with Gasteiger partial charge in [0.25, 0.3) is 0 Å². The Hall–Kier alpha value is -2.15. The van der Waals surface area contributed by atoms with E-state index < -0.39 is 11.7 Å². The minimum Gasteiger partial charge on any atom is -0.457 e. The molecule has 0 saturated carbocycles. The van der Waals surface area contributed by atoms with Crippen LogP contribution in [0.4, 0.5) is 13.2 Å². The number of thiol groups is 1. The van der Waals surface area contributed by atoms with Crippen molar-refractivity contribution in [2.75, 3.05) is 6.54 Å². The zero-order valence-electron chi connectivity index (χ0n) is 13.2. The van der Waals surface area contributed by atoms with E-state index in [2.05, 4.69) is 12.6 Å². The lowest BCUT2D eigenvalue weighted by atomic mass is 10.2. The van der Waals surface area contributed by atoms with Crippen LogP contribution < -0.4 is 4.74 Å². The Bertz CT molecular complexity index is 744. The zero-order chi connectivity index (χ0) is 18.0. The number of amides is 1. The van der Waals surface area contributed by atoms with Gasteiger partial charge in [0, 0.05) is 24.8 Å². The molecule has 0 aliphatic carbocycles. The summed E-state index contributed by atoms with van der Waals surface area (Å²) < 4.78 is 43.2. The molecule has 0 spiro atoms. The monoisotopic (exact) mass is 367 g/mol. The van der Waals surface area contributed by atoms with E-state index in [4.69, 9.17) is 4.74 Å². The number of halogens is 3. The second kappa shape index (κ2) is 7.00. The van der Waals surface area contributed by atoms with Crippen LogP contribution in [0.3, 0.4) is 0 Å². The van der Waals surface area contributed by atoms with Crippen LogP contribution in [0.5, 0.6) is 11.5 Å². The number of ether oxygens (including phenoxy) is 1. The molecule has 1 fully saturated rings. The molecule has 2 aromatic carbocycles. The van der Waals surface area contributed by atoms with Gasteiger partial charge in [-0.1, -0.05) is 12.1 Å². The lowest BCUT2D eigenvalue weighted by molar-refractivity contribution is -0.137. The summed E-state index contributed by atoms with van der Waals surface area (Å²) in [5, 5.41) is 0.0785. The Morgan fingerprint density at radius 1 is 1.04 bits per heavy atom. The lowest BCUT2D eigenvalue weighted by Crippen LogP contribution is -2.24. The Labute approximate surface area is 148 Å². The van der Waals surface area contributed by atoms with E-state index in [-0.39, 0.29) is 11.2 Å². The second-order valence-electron chi connectivity index (χ2n) is 5.90. The number of rotatable bonds is 4. The van der Waals surface area contributed by atoms with E-state index >= 15 is 0 Å². The highest BCUT2D eigenvalue weighted by molar-refractivity contribution is 7.81. The van der Waals surface area contributed by atoms with Crippen molar-refractivity contribution in [3.05, 3.63) is 59.7 Å². The van der Waals surface area contributed by atoms with Crippen molar-refractivity contribution in [1.82, 2.24) is 4.90 Å². The van der Waals surface area contributed by atoms with Crippen LogP contribution in [0.25, 0.3) is 0 Å². The largest absolute Gasteiger partial charge is 0.457 e. The van der Waals surface area contributed by atoms with Gasteiger partial charge in [-0.25, -0.2) is 0 Å². The van der Waals surface area contributed by atoms with Crippen LogP contribution in [0.2, 0.25) is 0 Å². The maximum atomic E-state index is 12.5. The zero-order valence-corrected chi connectivity index (χ0v) is 14.1. The first-order valence-electron chi connectivity index (χ1n) is 7.71. The van der Waals surface area contributed by atoms with E-state index in [9.17, 15) is 18.0 Å². The Kier molecular flexibility index (Phi) is 4.94. The maximum Gasteiger partial charge on any atom is 0.416 e. The molecule has 132 valence electrons. The fraction of sp³-hybridized carbons (Fsp3) is 0.278. The highest BCUT2D eigenvalue weighted by atomic mass is 32.1. The Morgan fingerprint density at radius 3 is 2.08 bits per heavy atom. The maximum absolute atomic E-state index is 12.5. The second-order valence-corrected chi connectivity index (χ2v) is 6.63. The third-order valence-corrected chi connectivity index (χ3v) is 4.25. The lowest BCUT2D eigenvalue weighted by Gasteiger charge is -2.16. The third-order valence-electron chi connectivity index (χ3n) is 3.91. The number of nitrogens with zero attached hydrogens (tertiary/aromatic N) is 1. The van der Waals surface area contributed by atoms with Gasteiger partial charge in [-0.3, -0.25) is 4.79 Å². The molecule has 1 unspecified atom stereocenters. The molecule has 3 nitrogen and oxygen atoms in total. The van der Waals surface area contributed by atoms with Crippen molar-refractivity contribution in [3.8, 4) is 11.5 Å². The van der Waals surface area contributed by atoms with E-state index in [1.807, 2.05) is 12.1 Å². The van der Waals surface area contributed by atoms with Crippen molar-refractivity contribution >= 4 is 18.5 Å². The first-order valence-corrected chi connectivity index (χ1v) is 8.23. The van der Waals surface area contributed by atoms with Gasteiger partial charge in [-0.2, -0.15) is 25.8 Å². The topological polar surface area (TPSA) is 29.5 Å². The van der Waals surface area contributed by atoms with Crippen LogP contribution in [0, 0.1) is 0 Å². The number of carbonyl (C=O) groups is 1. The molecule has 7 heteroatoms. The highest BCUT2D eigenvalue weighted by Gasteiger charge is 2.30. The summed E-state index contributed by atoms with van der Waals surface area (Å²) in [5.74, 6) is 0.932. The Morgan fingerprint density at radius 2 is 1.60 bits per heavy atom. The van der Waals surface area contributed by atoms with Crippen molar-refractivity contribution in [3.63, 3.8) is 0 Å². The highest BCUT2D eigenvalue weighted by Crippen LogP contribution is 2.31. The summed E-state index contributed by atoms with van der Waals surface area (Å²) in [6.07, 6.45) is -3.91. The van der Waals surface area contributed by atoms with Crippen LogP contribution in [-0.4, -0.2) is 22.6 Å². The smallest absolute Gasteiger partial charge is 0.416 e. The van der Waals surface area contributed by atoms with E-state index in [0.29, 0.717) is 31.0 Å². The SMILES string of the molecule is O=C1CC(S)CN1Cc1ccc(Oc2ccc(C(F)(F)F)cc2)cc1. The predicted octanol–water partition coefficient (Wildman–Crippen LogP) is 4.53. The number of likely N-dealkylation sites (tertiary alicyclic amines) is 1. The molecule has 1 aliphatic rings. The molecule has 1 amide bonds. The number of hydrogen-bond donors (Lipinski definition) is 1. The average Bonchev–Trinajstić information content (AvgIpc) is 2.86. The molecule has 0 aromatic heterocycles. The fourth-order valence-electron chi connectivity index (χ4n) is 2.64. The van der Waals surface area contributed by atoms with Gasteiger partial charge in [-0.05, 0) is 42.0 Å². The molecule has 1 saturated heterocycles. The summed E-state index contributed by atoms with van der Waals surface area (Å²) in [4.78, 5) is 13.5. The van der Waals surface area contributed by atoms with Gasteiger partial charge >= 0.3 is 6.18 Å². The molecule has 1 aliphatic heterocycles. The quantitative estimate of drug-likeness (QED) is 0.805. The summed E-state index contributed by atoms with van der Waals surface area (Å²) in [6, 6.07) is 11.7. The number of hydrogen-bond acceptors (Lipinski definition) is 3. The fourth-order valence-corrected chi connectivity index (χ4v) is 2.99. The first kappa shape index (κ1) is 17.7. The summed E-state index contributed by atoms with van der Waals surface area (Å²) in [6.45, 7) is 1.14. The van der Waals surface area contributed by atoms with Crippen molar-refractivity contribution in [1.29, 1.82) is 0 Å². The molecule has 1 heterocycles. The number of benzene rings is 2. The first-order chi connectivity index (χ1) is 11.8. The molecular formula is C18H16F3NO2S. The van der Waals surface area contributed by atoms with Gasteiger partial charge in [0.15, 0.2) is 0 Å². The van der Waals surface area contributed by atoms with Gasteiger partial charge in [0.05, 0.1) is 5.56 Å². The minimum absolute atomic E-state index is 0.0785. The molecule has 0 N–H and O–H groups in total. The van der Waals surface area contributed by atoms with Gasteiger partial charge in [0.1, 0.15) is 11.5 Å². The molecule has 0 radical (unpaired) electrons. The summed E-state index contributed by atoms with van der Waals surface area (Å²) >= 11 is 4.32. The van der Waals surface area contributed by atoms with Crippen LogP contribution in [0.15, 0.2) is 48.5 Å². The Balaban J connectivity index is 1.62. The number of carbonyl (C=O) groups excluding carboxylic acids is 1. The van der Waals surface area contributed by atoms with E-state index in [1.165, 1.54) is 12.1 Å². The normalized spacial score (nSPS) is 17.8. The molecule has 3 rings (SSSR count). The summed E-state index contributed by atoms with van der Waals surface area (Å²) in [5.41, 5.74) is 0.239. The van der Waals surface area contributed by atoms with Crippen molar-refractivity contribution in [2.45, 2.75) is 24.4 Å². The van der Waals surface area contributed by atoms with Crippen molar-refractivity contribution in [2.24, 2.45) is 0 Å². The minimum atomic E-state index is -4.36. The van der Waals surface area contributed by atoms with Crippen LogP contribution >= 0.6 is 12.6 Å². The summed E-state index contributed by atoms with van der Waals surface area (Å²) in [7, 11) is 0. The van der Waals surface area contributed by atoms with E-state index in [0.717, 1.165) is 17.7 Å². The van der Waals surface area contributed by atoms with Gasteiger partial charge in [0.2, 0.25) is 5.91 Å². The standard InChI is InChI=1S/C18H16F3NO2S/c19-18(20,21)13-3-7-15(8-4-13)24-14-5-1-12(2-6-14)10-22-11-16(25)9-17(22)23/h1-8,16,25H,9-11H2. The molecule has 0 bridgehead atoms. The molecular weight excluding hydrogens is 351 g/mol. The predicted molar refractivity (Wildman–Crippen MR) is 90.8 cm³/mol. The molecule has 1 atom stereocenters. The van der Waals surface area contributed by atoms with Crippen LogP contribution in [-0.2, 0) is 17.5 Å². The van der Waals surface area contributed by atoms with Gasteiger partial charge < -0.3 is 9.64 Å². The van der Waals surface area contributed by atoms with Gasteiger partial charge in [-0.15, -0.1) is 0 Å².